The molecule has 1 aromatic carbocycles. The third kappa shape index (κ3) is 3.07. The van der Waals surface area contributed by atoms with Crippen molar-refractivity contribution >= 4 is 0 Å². The first kappa shape index (κ1) is 13.5. The Morgan fingerprint density at radius 1 is 1.50 bits per heavy atom. The third-order valence-electron chi connectivity index (χ3n) is 3.41. The summed E-state index contributed by atoms with van der Waals surface area (Å²) in [7, 11) is 0. The summed E-state index contributed by atoms with van der Waals surface area (Å²) in [5, 5.41) is 0. The maximum atomic E-state index is 13.9. The Bertz CT molecular complexity index is 386. The Morgan fingerprint density at radius 2 is 2.28 bits per heavy atom. The Morgan fingerprint density at radius 3 is 3.00 bits per heavy atom. The van der Waals surface area contributed by atoms with Gasteiger partial charge in [-0.15, -0.1) is 0 Å². The van der Waals surface area contributed by atoms with Crippen molar-refractivity contribution in [3.8, 4) is 0 Å². The molecular formula is C14H21FN2O. The molecule has 18 heavy (non-hydrogen) atoms. The molecule has 4 heteroatoms. The van der Waals surface area contributed by atoms with Crippen molar-refractivity contribution in [2.45, 2.75) is 25.5 Å². The molecule has 2 rings (SSSR count). The van der Waals surface area contributed by atoms with E-state index in [1.54, 1.807) is 6.07 Å². The van der Waals surface area contributed by atoms with Crippen molar-refractivity contribution < 1.29 is 9.13 Å². The normalized spacial score (nSPS) is 23.6. The molecule has 0 spiro atoms. The first-order valence-electron chi connectivity index (χ1n) is 6.52. The van der Waals surface area contributed by atoms with Crippen LogP contribution in [0.3, 0.4) is 0 Å². The summed E-state index contributed by atoms with van der Waals surface area (Å²) < 4.78 is 19.5. The van der Waals surface area contributed by atoms with Gasteiger partial charge in [-0.2, -0.15) is 0 Å². The lowest BCUT2D eigenvalue weighted by molar-refractivity contribution is 0.0608. The minimum atomic E-state index is -0.175. The molecule has 0 amide bonds. The van der Waals surface area contributed by atoms with E-state index in [9.17, 15) is 4.39 Å². The zero-order valence-corrected chi connectivity index (χ0v) is 10.8. The summed E-state index contributed by atoms with van der Waals surface area (Å²) in [6.45, 7) is 4.95. The molecule has 3 nitrogen and oxygen atoms in total. The molecule has 0 radical (unpaired) electrons. The fourth-order valence-corrected chi connectivity index (χ4v) is 2.53. The van der Waals surface area contributed by atoms with Crippen LogP contribution in [0.15, 0.2) is 24.3 Å². The maximum absolute atomic E-state index is 13.9. The summed E-state index contributed by atoms with van der Waals surface area (Å²) in [6, 6.07) is 6.83. The van der Waals surface area contributed by atoms with E-state index >= 15 is 0 Å². The van der Waals surface area contributed by atoms with Crippen LogP contribution in [-0.2, 0) is 4.74 Å². The topological polar surface area (TPSA) is 38.5 Å². The lowest BCUT2D eigenvalue weighted by atomic mass is 10.0. The van der Waals surface area contributed by atoms with Gasteiger partial charge >= 0.3 is 0 Å². The molecule has 1 saturated heterocycles. The zero-order valence-electron chi connectivity index (χ0n) is 10.8. The van der Waals surface area contributed by atoms with Crippen LogP contribution in [0.25, 0.3) is 0 Å². The van der Waals surface area contributed by atoms with E-state index in [2.05, 4.69) is 4.90 Å². The van der Waals surface area contributed by atoms with Crippen LogP contribution in [0.1, 0.15) is 24.9 Å². The number of benzene rings is 1. The van der Waals surface area contributed by atoms with Crippen molar-refractivity contribution in [2.75, 3.05) is 26.2 Å². The first-order chi connectivity index (χ1) is 8.72. The zero-order chi connectivity index (χ0) is 13.0. The van der Waals surface area contributed by atoms with E-state index in [1.165, 1.54) is 6.07 Å². The smallest absolute Gasteiger partial charge is 0.128 e. The number of hydrogen-bond acceptors (Lipinski definition) is 3. The molecule has 1 aromatic rings. The Balaban J connectivity index is 2.19. The number of halogens is 1. The van der Waals surface area contributed by atoms with E-state index < -0.39 is 0 Å². The lowest BCUT2D eigenvalue weighted by Gasteiger charge is -2.31. The van der Waals surface area contributed by atoms with E-state index in [1.807, 2.05) is 19.1 Å². The molecule has 2 unspecified atom stereocenters. The largest absolute Gasteiger partial charge is 0.377 e. The fourth-order valence-electron chi connectivity index (χ4n) is 2.53. The maximum Gasteiger partial charge on any atom is 0.128 e. The molecule has 0 saturated carbocycles. The second-order valence-corrected chi connectivity index (χ2v) is 4.80. The standard InChI is InChI=1S/C14H21FN2O/c1-11-10-17(7-4-8-18-11)14(9-16)12-5-2-3-6-13(12)15/h2-3,5-6,11,14H,4,7-10,16H2,1H3. The van der Waals surface area contributed by atoms with Crippen LogP contribution in [0.4, 0.5) is 4.39 Å². The van der Waals surface area contributed by atoms with E-state index in [0.717, 1.165) is 26.1 Å². The van der Waals surface area contributed by atoms with Gasteiger partial charge in [-0.05, 0) is 19.4 Å². The van der Waals surface area contributed by atoms with Crippen molar-refractivity contribution in [2.24, 2.45) is 5.73 Å². The van der Waals surface area contributed by atoms with Gasteiger partial charge in [-0.1, -0.05) is 18.2 Å². The van der Waals surface area contributed by atoms with Gasteiger partial charge in [0.25, 0.3) is 0 Å². The second kappa shape index (κ2) is 6.27. The van der Waals surface area contributed by atoms with Crippen molar-refractivity contribution in [3.05, 3.63) is 35.6 Å². The number of hydrogen-bond donors (Lipinski definition) is 1. The lowest BCUT2D eigenvalue weighted by Crippen LogP contribution is -2.38. The highest BCUT2D eigenvalue weighted by Crippen LogP contribution is 2.24. The Kier molecular flexibility index (Phi) is 4.69. The quantitative estimate of drug-likeness (QED) is 0.893. The first-order valence-corrected chi connectivity index (χ1v) is 6.52. The molecular weight excluding hydrogens is 231 g/mol. The number of rotatable bonds is 3. The van der Waals surface area contributed by atoms with Gasteiger partial charge in [0.2, 0.25) is 0 Å². The molecule has 0 aromatic heterocycles. The van der Waals surface area contributed by atoms with Crippen molar-refractivity contribution in [3.63, 3.8) is 0 Å². The van der Waals surface area contributed by atoms with Crippen LogP contribution in [-0.4, -0.2) is 37.2 Å². The summed E-state index contributed by atoms with van der Waals surface area (Å²) in [4.78, 5) is 2.23. The number of ether oxygens (including phenoxy) is 1. The molecule has 0 aliphatic carbocycles. The van der Waals surface area contributed by atoms with Gasteiger partial charge in [0.05, 0.1) is 12.1 Å². The number of nitrogens with zero attached hydrogens (tertiary/aromatic N) is 1. The molecule has 100 valence electrons. The average molecular weight is 252 g/mol. The third-order valence-corrected chi connectivity index (χ3v) is 3.41. The average Bonchev–Trinajstić information content (AvgIpc) is 2.57. The van der Waals surface area contributed by atoms with Gasteiger partial charge in [0.15, 0.2) is 0 Å². The van der Waals surface area contributed by atoms with E-state index in [0.29, 0.717) is 12.1 Å². The predicted molar refractivity (Wildman–Crippen MR) is 69.8 cm³/mol. The van der Waals surface area contributed by atoms with Crippen molar-refractivity contribution in [1.29, 1.82) is 0 Å². The van der Waals surface area contributed by atoms with E-state index in [-0.39, 0.29) is 18.0 Å². The minimum absolute atomic E-state index is 0.0599. The highest BCUT2D eigenvalue weighted by molar-refractivity contribution is 5.21. The highest BCUT2D eigenvalue weighted by Gasteiger charge is 2.24. The highest BCUT2D eigenvalue weighted by atomic mass is 19.1. The van der Waals surface area contributed by atoms with Gasteiger partial charge < -0.3 is 10.5 Å². The van der Waals surface area contributed by atoms with Crippen LogP contribution in [0.2, 0.25) is 0 Å². The van der Waals surface area contributed by atoms with Crippen molar-refractivity contribution in [1.82, 2.24) is 4.90 Å². The van der Waals surface area contributed by atoms with E-state index in [4.69, 9.17) is 10.5 Å². The van der Waals surface area contributed by atoms with Crippen LogP contribution in [0, 0.1) is 5.82 Å². The summed E-state index contributed by atoms with van der Waals surface area (Å²) in [5.41, 5.74) is 6.54. The molecule has 0 bridgehead atoms. The van der Waals surface area contributed by atoms with Gasteiger partial charge in [0.1, 0.15) is 5.82 Å². The van der Waals surface area contributed by atoms with Crippen LogP contribution < -0.4 is 5.73 Å². The number of nitrogens with two attached hydrogens (primary N) is 1. The SMILES string of the molecule is CC1CN(C(CN)c2ccccc2F)CCCO1. The Hall–Kier alpha value is -0.970. The summed E-state index contributed by atoms with van der Waals surface area (Å²) in [5.74, 6) is -0.175. The molecule has 1 fully saturated rings. The van der Waals surface area contributed by atoms with Crippen LogP contribution >= 0.6 is 0 Å². The molecule has 1 heterocycles. The van der Waals surface area contributed by atoms with Gasteiger partial charge in [-0.25, -0.2) is 4.39 Å². The predicted octanol–water partition coefficient (Wildman–Crippen LogP) is 1.94. The second-order valence-electron chi connectivity index (χ2n) is 4.80. The summed E-state index contributed by atoms with van der Waals surface area (Å²) >= 11 is 0. The summed E-state index contributed by atoms with van der Waals surface area (Å²) in [6.07, 6.45) is 1.14. The van der Waals surface area contributed by atoms with Gasteiger partial charge in [0, 0.05) is 31.8 Å². The monoisotopic (exact) mass is 252 g/mol. The fraction of sp³-hybridized carbons (Fsp3) is 0.571. The van der Waals surface area contributed by atoms with Gasteiger partial charge in [-0.3, -0.25) is 4.90 Å². The molecule has 1 aliphatic rings. The molecule has 1 aliphatic heterocycles. The molecule has 2 N–H and O–H groups in total. The minimum Gasteiger partial charge on any atom is -0.377 e. The molecule has 2 atom stereocenters. The van der Waals surface area contributed by atoms with Crippen LogP contribution in [0.5, 0.6) is 0 Å². The Labute approximate surface area is 108 Å².